The molecule has 3 heteroatoms. The van der Waals surface area contributed by atoms with Crippen LogP contribution in [0, 0.1) is 0 Å². The van der Waals surface area contributed by atoms with E-state index in [0.717, 1.165) is 16.2 Å². The number of hydrogen-bond acceptors (Lipinski definition) is 2. The van der Waals surface area contributed by atoms with Gasteiger partial charge in [0.2, 0.25) is 0 Å². The van der Waals surface area contributed by atoms with Gasteiger partial charge in [-0.15, -0.1) is 10.3 Å². The maximum Gasteiger partial charge on any atom is 0.0699 e. The van der Waals surface area contributed by atoms with Gasteiger partial charge in [0.25, 0.3) is 0 Å². The van der Waals surface area contributed by atoms with Crippen molar-refractivity contribution >= 4 is 5.69 Å². The summed E-state index contributed by atoms with van der Waals surface area (Å²) in [5.41, 5.74) is 7.65. The third kappa shape index (κ3) is 1.20. The van der Waals surface area contributed by atoms with Crippen molar-refractivity contribution in [1.82, 2.24) is 5.06 Å². The molecule has 1 aromatic carbocycles. The second kappa shape index (κ2) is 2.74. The fourth-order valence-corrected chi connectivity index (χ4v) is 2.52. The molecule has 0 atom stereocenters. The van der Waals surface area contributed by atoms with Gasteiger partial charge in [-0.1, -0.05) is 6.07 Å². The number of nitrogen functional groups attached to an aromatic ring is 1. The number of hydroxylamine groups is 2. The van der Waals surface area contributed by atoms with Gasteiger partial charge in [-0.3, -0.25) is 0 Å². The highest BCUT2D eigenvalue weighted by atomic mass is 16.5. The second-order valence-corrected chi connectivity index (χ2v) is 5.22. The molecular formula is C12H17N2O. The predicted molar refractivity (Wildman–Crippen MR) is 59.4 cm³/mol. The molecule has 1 aromatic rings. The Bertz CT molecular complexity index is 410. The van der Waals surface area contributed by atoms with Gasteiger partial charge in [-0.05, 0) is 51.0 Å². The highest BCUT2D eigenvalue weighted by Crippen LogP contribution is 2.48. The van der Waals surface area contributed by atoms with Crippen molar-refractivity contribution in [2.75, 3.05) is 5.73 Å². The Hall–Kier alpha value is -1.06. The van der Waals surface area contributed by atoms with Gasteiger partial charge in [-0.2, -0.15) is 0 Å². The Morgan fingerprint density at radius 1 is 1.07 bits per heavy atom. The summed E-state index contributed by atoms with van der Waals surface area (Å²) in [6.45, 7) is 7.77. The van der Waals surface area contributed by atoms with E-state index >= 15 is 0 Å². The summed E-state index contributed by atoms with van der Waals surface area (Å²) in [6, 6.07) is 5.73. The number of hydrogen-bond donors (Lipinski definition) is 1. The Balaban J connectivity index is 2.71. The van der Waals surface area contributed by atoms with Gasteiger partial charge in [0.15, 0.2) is 0 Å². The van der Waals surface area contributed by atoms with E-state index in [1.54, 1.807) is 0 Å². The van der Waals surface area contributed by atoms with Crippen LogP contribution in [0.15, 0.2) is 18.2 Å². The van der Waals surface area contributed by atoms with Crippen LogP contribution >= 0.6 is 0 Å². The van der Waals surface area contributed by atoms with E-state index in [1.807, 2.05) is 45.9 Å². The van der Waals surface area contributed by atoms with Gasteiger partial charge < -0.3 is 5.73 Å². The van der Waals surface area contributed by atoms with Crippen LogP contribution in [0.2, 0.25) is 0 Å². The summed E-state index contributed by atoms with van der Waals surface area (Å²) in [5, 5.41) is 13.3. The van der Waals surface area contributed by atoms with Crippen LogP contribution in [-0.4, -0.2) is 5.06 Å². The lowest BCUT2D eigenvalue weighted by molar-refractivity contribution is -0.266. The second-order valence-electron chi connectivity index (χ2n) is 5.22. The molecule has 3 nitrogen and oxygen atoms in total. The van der Waals surface area contributed by atoms with E-state index < -0.39 is 11.1 Å². The molecule has 1 heterocycles. The maximum atomic E-state index is 12.2. The van der Waals surface area contributed by atoms with E-state index in [0.29, 0.717) is 5.69 Å². The van der Waals surface area contributed by atoms with Crippen molar-refractivity contribution in [1.29, 1.82) is 0 Å². The van der Waals surface area contributed by atoms with Gasteiger partial charge in [0, 0.05) is 5.69 Å². The first-order chi connectivity index (χ1) is 6.78. The summed E-state index contributed by atoms with van der Waals surface area (Å²) in [5.74, 6) is 0. The fourth-order valence-electron chi connectivity index (χ4n) is 2.52. The molecule has 1 aliphatic rings. The molecular weight excluding hydrogens is 188 g/mol. The standard InChI is InChI=1S/C12H17N2O/c1-11(2)9-6-5-8(13)7-10(9)12(3,4)14(11)15/h5-7H,13H2,1-4H3. The van der Waals surface area contributed by atoms with Crippen molar-refractivity contribution in [3.63, 3.8) is 0 Å². The number of nitrogens with zero attached hydrogens (tertiary/aromatic N) is 1. The first kappa shape index (κ1) is 10.5. The Morgan fingerprint density at radius 2 is 1.60 bits per heavy atom. The lowest BCUT2D eigenvalue weighted by atomic mass is 9.90. The predicted octanol–water partition coefficient (Wildman–Crippen LogP) is 2.40. The SMILES string of the molecule is CC1(C)c2ccc(N)cc2C(C)(C)N1[O]. The summed E-state index contributed by atoms with van der Waals surface area (Å²) in [4.78, 5) is 0. The Kier molecular flexibility index (Phi) is 1.91. The zero-order chi connectivity index (χ0) is 11.4. The summed E-state index contributed by atoms with van der Waals surface area (Å²) < 4.78 is 0. The van der Waals surface area contributed by atoms with Crippen LogP contribution < -0.4 is 5.73 Å². The molecule has 0 spiro atoms. The molecule has 2 rings (SSSR count). The van der Waals surface area contributed by atoms with Crippen LogP contribution in [0.5, 0.6) is 0 Å². The molecule has 15 heavy (non-hydrogen) atoms. The number of anilines is 1. The van der Waals surface area contributed by atoms with Crippen LogP contribution in [0.3, 0.4) is 0 Å². The van der Waals surface area contributed by atoms with Gasteiger partial charge in [-0.25, -0.2) is 0 Å². The van der Waals surface area contributed by atoms with E-state index in [9.17, 15) is 5.21 Å². The molecule has 0 saturated carbocycles. The van der Waals surface area contributed by atoms with Crippen molar-refractivity contribution in [2.45, 2.75) is 38.8 Å². The molecule has 2 N–H and O–H groups in total. The molecule has 0 aliphatic carbocycles. The van der Waals surface area contributed by atoms with Gasteiger partial charge in [0.1, 0.15) is 0 Å². The quantitative estimate of drug-likeness (QED) is 0.661. The highest BCUT2D eigenvalue weighted by molar-refractivity contribution is 5.51. The average Bonchev–Trinajstić information content (AvgIpc) is 2.26. The first-order valence-electron chi connectivity index (χ1n) is 5.16. The van der Waals surface area contributed by atoms with Gasteiger partial charge >= 0.3 is 0 Å². The maximum absolute atomic E-state index is 12.2. The molecule has 0 bridgehead atoms. The fraction of sp³-hybridized carbons (Fsp3) is 0.500. The molecule has 0 fully saturated rings. The number of fused-ring (bicyclic) bond motifs is 1. The average molecular weight is 205 g/mol. The monoisotopic (exact) mass is 205 g/mol. The third-order valence-electron chi connectivity index (χ3n) is 3.38. The van der Waals surface area contributed by atoms with E-state index in [4.69, 9.17) is 5.73 Å². The topological polar surface area (TPSA) is 49.2 Å². The van der Waals surface area contributed by atoms with E-state index in [-0.39, 0.29) is 0 Å². The highest BCUT2D eigenvalue weighted by Gasteiger charge is 2.49. The zero-order valence-corrected chi connectivity index (χ0v) is 9.66. The van der Waals surface area contributed by atoms with Crippen LogP contribution in [0.4, 0.5) is 5.69 Å². The van der Waals surface area contributed by atoms with E-state index in [1.165, 1.54) is 0 Å². The van der Waals surface area contributed by atoms with Crippen molar-refractivity contribution < 1.29 is 5.21 Å². The van der Waals surface area contributed by atoms with E-state index in [2.05, 4.69) is 0 Å². The summed E-state index contributed by atoms with van der Waals surface area (Å²) in [6.07, 6.45) is 0. The molecule has 81 valence electrons. The summed E-state index contributed by atoms with van der Waals surface area (Å²) in [7, 11) is 0. The minimum Gasteiger partial charge on any atom is -0.399 e. The minimum absolute atomic E-state index is 0.466. The molecule has 0 saturated heterocycles. The van der Waals surface area contributed by atoms with Crippen molar-refractivity contribution in [3.8, 4) is 0 Å². The van der Waals surface area contributed by atoms with Crippen LogP contribution in [0.1, 0.15) is 38.8 Å². The smallest absolute Gasteiger partial charge is 0.0699 e. The summed E-state index contributed by atoms with van der Waals surface area (Å²) >= 11 is 0. The molecule has 0 amide bonds. The first-order valence-corrected chi connectivity index (χ1v) is 5.16. The largest absolute Gasteiger partial charge is 0.399 e. The zero-order valence-electron chi connectivity index (χ0n) is 9.66. The number of rotatable bonds is 0. The van der Waals surface area contributed by atoms with Crippen molar-refractivity contribution in [3.05, 3.63) is 29.3 Å². The molecule has 1 aliphatic heterocycles. The Labute approximate surface area is 90.5 Å². The molecule has 1 radical (unpaired) electrons. The number of nitrogens with two attached hydrogens (primary N) is 1. The Morgan fingerprint density at radius 3 is 2.20 bits per heavy atom. The third-order valence-corrected chi connectivity index (χ3v) is 3.38. The van der Waals surface area contributed by atoms with Crippen molar-refractivity contribution in [2.24, 2.45) is 0 Å². The lowest BCUT2D eigenvalue weighted by Gasteiger charge is -2.32. The van der Waals surface area contributed by atoms with Gasteiger partial charge in [0.05, 0.1) is 11.1 Å². The van der Waals surface area contributed by atoms with Crippen LogP contribution in [0.25, 0.3) is 0 Å². The lowest BCUT2D eigenvalue weighted by Crippen LogP contribution is -2.41. The number of benzene rings is 1. The normalized spacial score (nSPS) is 22.7. The minimum atomic E-state index is -0.492. The molecule has 0 unspecified atom stereocenters. The molecule has 0 aromatic heterocycles. The van der Waals surface area contributed by atoms with Crippen LogP contribution in [-0.2, 0) is 16.3 Å².